The van der Waals surface area contributed by atoms with Crippen LogP contribution in [0.2, 0.25) is 0 Å². The molecule has 2 rings (SSSR count). The van der Waals surface area contributed by atoms with Gasteiger partial charge < -0.3 is 5.73 Å². The van der Waals surface area contributed by atoms with E-state index in [1.807, 2.05) is 0 Å². The number of nitrogen functional groups attached to an aromatic ring is 1. The van der Waals surface area contributed by atoms with E-state index in [0.717, 1.165) is 5.65 Å². The van der Waals surface area contributed by atoms with Gasteiger partial charge in [-0.3, -0.25) is 4.40 Å². The van der Waals surface area contributed by atoms with E-state index in [9.17, 15) is 0 Å². The van der Waals surface area contributed by atoms with Crippen molar-refractivity contribution in [3.8, 4) is 0 Å². The standard InChI is InChI=1S/C6H6N4/c7-5-3-8-4-10-2-1-9-6(5)10/h1-4H,7H2. The second kappa shape index (κ2) is 1.70. The summed E-state index contributed by atoms with van der Waals surface area (Å²) in [5, 5.41) is 0. The highest BCUT2D eigenvalue weighted by atomic mass is 15.0. The molecule has 0 aliphatic carbocycles. The second-order valence-corrected chi connectivity index (χ2v) is 2.01. The summed E-state index contributed by atoms with van der Waals surface area (Å²) in [4.78, 5) is 7.90. The zero-order chi connectivity index (χ0) is 6.97. The van der Waals surface area contributed by atoms with Gasteiger partial charge in [-0.2, -0.15) is 0 Å². The molecule has 0 fully saturated rings. The SMILES string of the molecule is Nc1cncn2ccnc12. The van der Waals surface area contributed by atoms with Gasteiger partial charge in [0.15, 0.2) is 5.65 Å². The van der Waals surface area contributed by atoms with Gasteiger partial charge in [0.05, 0.1) is 11.9 Å². The Labute approximate surface area is 57.3 Å². The van der Waals surface area contributed by atoms with Gasteiger partial charge in [-0.25, -0.2) is 9.97 Å². The Balaban J connectivity index is 2.95. The number of fused-ring (bicyclic) bond motifs is 1. The first-order valence-electron chi connectivity index (χ1n) is 2.90. The predicted octanol–water partition coefficient (Wildman–Crippen LogP) is 0.312. The van der Waals surface area contributed by atoms with Crippen molar-refractivity contribution in [2.75, 3.05) is 5.73 Å². The molecule has 0 aliphatic rings. The fourth-order valence-corrected chi connectivity index (χ4v) is 0.873. The second-order valence-electron chi connectivity index (χ2n) is 2.01. The summed E-state index contributed by atoms with van der Waals surface area (Å²) in [6.07, 6.45) is 6.74. The third-order valence-electron chi connectivity index (χ3n) is 1.33. The molecule has 0 amide bonds. The van der Waals surface area contributed by atoms with E-state index in [1.165, 1.54) is 0 Å². The molecule has 2 heterocycles. The largest absolute Gasteiger partial charge is 0.394 e. The number of imidazole rings is 1. The van der Waals surface area contributed by atoms with Crippen molar-refractivity contribution < 1.29 is 0 Å². The molecule has 0 unspecified atom stereocenters. The summed E-state index contributed by atoms with van der Waals surface area (Å²) in [5.74, 6) is 0. The van der Waals surface area contributed by atoms with Crippen LogP contribution in [0.1, 0.15) is 0 Å². The van der Waals surface area contributed by atoms with Crippen molar-refractivity contribution in [3.63, 3.8) is 0 Å². The first-order chi connectivity index (χ1) is 4.88. The normalized spacial score (nSPS) is 10.4. The van der Waals surface area contributed by atoms with Crippen LogP contribution in [0.3, 0.4) is 0 Å². The molecule has 2 N–H and O–H groups in total. The van der Waals surface area contributed by atoms with E-state index in [-0.39, 0.29) is 0 Å². The molecular weight excluding hydrogens is 128 g/mol. The van der Waals surface area contributed by atoms with Crippen molar-refractivity contribution in [1.29, 1.82) is 0 Å². The molecule has 10 heavy (non-hydrogen) atoms. The van der Waals surface area contributed by atoms with Crippen LogP contribution in [-0.2, 0) is 0 Å². The number of hydrogen-bond acceptors (Lipinski definition) is 3. The maximum atomic E-state index is 5.55. The Hall–Kier alpha value is -1.58. The van der Waals surface area contributed by atoms with Crippen molar-refractivity contribution >= 4 is 11.3 Å². The summed E-state index contributed by atoms with van der Waals surface area (Å²) in [7, 11) is 0. The summed E-state index contributed by atoms with van der Waals surface area (Å²) in [6, 6.07) is 0. The molecule has 4 heteroatoms. The van der Waals surface area contributed by atoms with Crippen molar-refractivity contribution in [2.45, 2.75) is 0 Å². The fourth-order valence-electron chi connectivity index (χ4n) is 0.873. The Morgan fingerprint density at radius 1 is 1.50 bits per heavy atom. The molecular formula is C6H6N4. The molecule has 2 aromatic rings. The zero-order valence-electron chi connectivity index (χ0n) is 5.23. The average molecular weight is 134 g/mol. The van der Waals surface area contributed by atoms with Crippen LogP contribution in [0, 0.1) is 0 Å². The van der Waals surface area contributed by atoms with Gasteiger partial charge in [0, 0.05) is 12.4 Å². The molecule has 0 aliphatic heterocycles. The summed E-state index contributed by atoms with van der Waals surface area (Å²) < 4.78 is 1.77. The van der Waals surface area contributed by atoms with Crippen LogP contribution < -0.4 is 5.73 Å². The van der Waals surface area contributed by atoms with Gasteiger partial charge in [0.25, 0.3) is 0 Å². The van der Waals surface area contributed by atoms with Gasteiger partial charge in [-0.15, -0.1) is 0 Å². The maximum absolute atomic E-state index is 5.55. The zero-order valence-corrected chi connectivity index (χ0v) is 5.23. The van der Waals surface area contributed by atoms with E-state index >= 15 is 0 Å². The predicted molar refractivity (Wildman–Crippen MR) is 37.4 cm³/mol. The lowest BCUT2D eigenvalue weighted by Gasteiger charge is -1.93. The first kappa shape index (κ1) is 5.22. The molecule has 0 bridgehead atoms. The number of rotatable bonds is 0. The van der Waals surface area contributed by atoms with Gasteiger partial charge in [0.2, 0.25) is 0 Å². The van der Waals surface area contributed by atoms with E-state index < -0.39 is 0 Å². The highest BCUT2D eigenvalue weighted by Gasteiger charge is 1.95. The molecule has 2 aromatic heterocycles. The lowest BCUT2D eigenvalue weighted by molar-refractivity contribution is 1.09. The Morgan fingerprint density at radius 3 is 3.20 bits per heavy atom. The lowest BCUT2D eigenvalue weighted by atomic mass is 10.5. The smallest absolute Gasteiger partial charge is 0.162 e. The number of nitrogens with two attached hydrogens (primary N) is 1. The van der Waals surface area contributed by atoms with Crippen LogP contribution in [0.4, 0.5) is 5.69 Å². The van der Waals surface area contributed by atoms with Crippen molar-refractivity contribution in [3.05, 3.63) is 24.9 Å². The lowest BCUT2D eigenvalue weighted by Crippen LogP contribution is -1.92. The number of aromatic nitrogens is 3. The van der Waals surface area contributed by atoms with Crippen molar-refractivity contribution in [2.24, 2.45) is 0 Å². The maximum Gasteiger partial charge on any atom is 0.162 e. The Morgan fingerprint density at radius 2 is 2.40 bits per heavy atom. The molecule has 0 aromatic carbocycles. The molecule has 4 nitrogen and oxygen atoms in total. The molecule has 0 saturated heterocycles. The van der Waals surface area contributed by atoms with Gasteiger partial charge in [-0.05, 0) is 0 Å². The van der Waals surface area contributed by atoms with Crippen LogP contribution in [0.5, 0.6) is 0 Å². The summed E-state index contributed by atoms with van der Waals surface area (Å²) in [6.45, 7) is 0. The highest BCUT2D eigenvalue weighted by molar-refractivity contribution is 5.62. The average Bonchev–Trinajstić information content (AvgIpc) is 2.36. The quantitative estimate of drug-likeness (QED) is 0.564. The van der Waals surface area contributed by atoms with Gasteiger partial charge in [-0.1, -0.05) is 0 Å². The molecule has 0 saturated carbocycles. The minimum Gasteiger partial charge on any atom is -0.394 e. The molecule has 0 spiro atoms. The van der Waals surface area contributed by atoms with Gasteiger partial charge in [0.1, 0.15) is 6.33 Å². The van der Waals surface area contributed by atoms with Crippen LogP contribution >= 0.6 is 0 Å². The fraction of sp³-hybridized carbons (Fsp3) is 0. The summed E-state index contributed by atoms with van der Waals surface area (Å²) >= 11 is 0. The minimum atomic E-state index is 0.604. The molecule has 0 atom stereocenters. The number of hydrogen-bond donors (Lipinski definition) is 1. The van der Waals surface area contributed by atoms with E-state index in [1.54, 1.807) is 29.3 Å². The van der Waals surface area contributed by atoms with E-state index in [4.69, 9.17) is 5.73 Å². The topological polar surface area (TPSA) is 56.2 Å². The van der Waals surface area contributed by atoms with E-state index in [0.29, 0.717) is 5.69 Å². The summed E-state index contributed by atoms with van der Waals surface area (Å²) in [5.41, 5.74) is 6.92. The van der Waals surface area contributed by atoms with Crippen LogP contribution in [0.25, 0.3) is 5.65 Å². The first-order valence-corrected chi connectivity index (χ1v) is 2.90. The van der Waals surface area contributed by atoms with E-state index in [2.05, 4.69) is 9.97 Å². The number of nitrogens with zero attached hydrogens (tertiary/aromatic N) is 3. The Kier molecular flexibility index (Phi) is 0.887. The van der Waals surface area contributed by atoms with Crippen molar-refractivity contribution in [1.82, 2.24) is 14.4 Å². The molecule has 0 radical (unpaired) electrons. The molecule has 50 valence electrons. The third kappa shape index (κ3) is 0.556. The van der Waals surface area contributed by atoms with Gasteiger partial charge >= 0.3 is 0 Å². The highest BCUT2D eigenvalue weighted by Crippen LogP contribution is 2.06. The van der Waals surface area contributed by atoms with Crippen LogP contribution in [0.15, 0.2) is 24.9 Å². The Bertz CT molecular complexity index is 351. The minimum absolute atomic E-state index is 0.604. The monoisotopic (exact) mass is 134 g/mol. The third-order valence-corrected chi connectivity index (χ3v) is 1.33. The number of anilines is 1. The van der Waals surface area contributed by atoms with Crippen LogP contribution in [-0.4, -0.2) is 14.4 Å².